The van der Waals surface area contributed by atoms with Crippen molar-refractivity contribution in [2.45, 2.75) is 31.0 Å². The van der Waals surface area contributed by atoms with Gasteiger partial charge in [-0.1, -0.05) is 0 Å². The largest absolute Gasteiger partial charge is 0.394 e. The number of amides is 3. The Bertz CT molecular complexity index is 335. The second-order valence-electron chi connectivity index (χ2n) is 4.03. The molecule has 17 heavy (non-hydrogen) atoms. The molecule has 3 amide bonds. The van der Waals surface area contributed by atoms with Crippen LogP contribution in [0.4, 0.5) is 4.79 Å². The Morgan fingerprint density at radius 1 is 1.35 bits per heavy atom. The second kappa shape index (κ2) is 4.57. The van der Waals surface area contributed by atoms with Crippen molar-refractivity contribution < 1.29 is 29.6 Å². The molecule has 0 aliphatic carbocycles. The summed E-state index contributed by atoms with van der Waals surface area (Å²) in [6.07, 6.45) is -4.42. The van der Waals surface area contributed by atoms with Crippen molar-refractivity contribution in [1.82, 2.24) is 10.2 Å². The number of rotatable bonds is 2. The molecule has 0 saturated carbocycles. The molecule has 0 aromatic carbocycles. The quantitative estimate of drug-likeness (QED) is 0.423. The first-order chi connectivity index (χ1) is 8.04. The zero-order valence-electron chi connectivity index (χ0n) is 8.94. The van der Waals surface area contributed by atoms with Crippen molar-refractivity contribution in [3.05, 3.63) is 0 Å². The van der Waals surface area contributed by atoms with Crippen LogP contribution in [-0.2, 0) is 9.53 Å². The molecule has 2 heterocycles. The molecular weight excluding hydrogens is 232 g/mol. The zero-order valence-corrected chi connectivity index (χ0v) is 8.94. The molecule has 4 atom stereocenters. The van der Waals surface area contributed by atoms with Gasteiger partial charge in [-0.15, -0.1) is 0 Å². The molecule has 8 heteroatoms. The smallest absolute Gasteiger partial charge is 0.326 e. The Labute approximate surface area is 96.8 Å². The number of hydrogen-bond donors (Lipinski definition) is 4. The van der Waals surface area contributed by atoms with Crippen LogP contribution in [0.1, 0.15) is 6.42 Å². The molecule has 0 spiro atoms. The van der Waals surface area contributed by atoms with Crippen molar-refractivity contribution in [1.29, 1.82) is 0 Å². The van der Waals surface area contributed by atoms with Gasteiger partial charge >= 0.3 is 6.03 Å². The van der Waals surface area contributed by atoms with Gasteiger partial charge in [0.05, 0.1) is 6.61 Å². The first kappa shape index (κ1) is 12.2. The third-order valence-corrected chi connectivity index (χ3v) is 2.91. The molecule has 0 bridgehead atoms. The maximum Gasteiger partial charge on any atom is 0.326 e. The molecule has 2 saturated heterocycles. The monoisotopic (exact) mass is 246 g/mol. The molecular formula is C9H14N2O6. The van der Waals surface area contributed by atoms with E-state index < -0.39 is 43.1 Å². The van der Waals surface area contributed by atoms with Crippen LogP contribution in [0.5, 0.6) is 0 Å². The van der Waals surface area contributed by atoms with E-state index in [9.17, 15) is 19.8 Å². The summed E-state index contributed by atoms with van der Waals surface area (Å²) in [6, 6.07) is -0.670. The van der Waals surface area contributed by atoms with Gasteiger partial charge in [0.2, 0.25) is 5.91 Å². The molecule has 0 aromatic rings. The van der Waals surface area contributed by atoms with Crippen molar-refractivity contribution in [3.63, 3.8) is 0 Å². The summed E-state index contributed by atoms with van der Waals surface area (Å²) in [5.74, 6) is -0.391. The van der Waals surface area contributed by atoms with Crippen LogP contribution in [0.15, 0.2) is 0 Å². The number of ether oxygens (including phenoxy) is 1. The minimum absolute atomic E-state index is 0.108. The maximum absolute atomic E-state index is 11.5. The molecule has 8 nitrogen and oxygen atoms in total. The van der Waals surface area contributed by atoms with E-state index in [0.717, 1.165) is 4.90 Å². The normalized spacial score (nSPS) is 38.4. The highest BCUT2D eigenvalue weighted by Gasteiger charge is 2.47. The van der Waals surface area contributed by atoms with Gasteiger partial charge in [-0.25, -0.2) is 4.79 Å². The highest BCUT2D eigenvalue weighted by atomic mass is 16.6. The average molecular weight is 246 g/mol. The van der Waals surface area contributed by atoms with Crippen LogP contribution in [0.25, 0.3) is 0 Å². The van der Waals surface area contributed by atoms with Crippen LogP contribution >= 0.6 is 0 Å². The first-order valence-corrected chi connectivity index (χ1v) is 5.27. The van der Waals surface area contributed by atoms with E-state index in [1.807, 2.05) is 0 Å². The number of aliphatic hydroxyl groups excluding tert-OH is 3. The zero-order chi connectivity index (χ0) is 12.6. The minimum Gasteiger partial charge on any atom is -0.394 e. The van der Waals surface area contributed by atoms with Gasteiger partial charge in [0.25, 0.3) is 0 Å². The van der Waals surface area contributed by atoms with Crippen LogP contribution in [0, 0.1) is 0 Å². The molecule has 0 unspecified atom stereocenters. The summed E-state index contributed by atoms with van der Waals surface area (Å²) in [5.41, 5.74) is 0. The number of nitrogens with one attached hydrogen (secondary N) is 1. The molecule has 2 aliphatic heterocycles. The van der Waals surface area contributed by atoms with Crippen LogP contribution < -0.4 is 5.32 Å². The number of imide groups is 1. The molecule has 96 valence electrons. The Morgan fingerprint density at radius 2 is 2.06 bits per heavy atom. The number of carbonyl (C=O) groups excluding carboxylic acids is 2. The summed E-state index contributed by atoms with van der Waals surface area (Å²) in [6.45, 7) is -0.347. The molecule has 0 aromatic heterocycles. The lowest BCUT2D eigenvalue weighted by atomic mass is 10.1. The van der Waals surface area contributed by atoms with Crippen LogP contribution in [0.3, 0.4) is 0 Å². The van der Waals surface area contributed by atoms with E-state index in [0.29, 0.717) is 0 Å². The summed E-state index contributed by atoms with van der Waals surface area (Å²) >= 11 is 0. The fourth-order valence-corrected chi connectivity index (χ4v) is 1.96. The lowest BCUT2D eigenvalue weighted by Crippen LogP contribution is -2.56. The van der Waals surface area contributed by atoms with Crippen molar-refractivity contribution in [2.75, 3.05) is 13.2 Å². The van der Waals surface area contributed by atoms with Gasteiger partial charge in [-0.2, -0.15) is 0 Å². The second-order valence-corrected chi connectivity index (χ2v) is 4.03. The fourth-order valence-electron chi connectivity index (χ4n) is 1.96. The van der Waals surface area contributed by atoms with Gasteiger partial charge in [-0.3, -0.25) is 15.0 Å². The van der Waals surface area contributed by atoms with E-state index >= 15 is 0 Å². The topological polar surface area (TPSA) is 119 Å². The first-order valence-electron chi connectivity index (χ1n) is 5.27. The van der Waals surface area contributed by atoms with Gasteiger partial charge in [-0.05, 0) is 0 Å². The van der Waals surface area contributed by atoms with Crippen molar-refractivity contribution in [3.8, 4) is 0 Å². The molecule has 2 rings (SSSR count). The number of hydrogen-bond acceptors (Lipinski definition) is 6. The molecule has 0 radical (unpaired) electrons. The summed E-state index contributed by atoms with van der Waals surface area (Å²) in [7, 11) is 0. The predicted octanol–water partition coefficient (Wildman–Crippen LogP) is -2.63. The third-order valence-electron chi connectivity index (χ3n) is 2.91. The average Bonchev–Trinajstić information content (AvgIpc) is 2.57. The predicted molar refractivity (Wildman–Crippen MR) is 52.6 cm³/mol. The van der Waals surface area contributed by atoms with E-state index in [-0.39, 0.29) is 13.0 Å². The maximum atomic E-state index is 11.5. The van der Waals surface area contributed by atoms with Crippen molar-refractivity contribution >= 4 is 11.9 Å². The number of nitrogens with zero attached hydrogens (tertiary/aromatic N) is 1. The number of aliphatic hydroxyl groups is 3. The number of urea groups is 1. The lowest BCUT2D eigenvalue weighted by molar-refractivity contribution is -0.125. The Morgan fingerprint density at radius 3 is 2.59 bits per heavy atom. The third kappa shape index (κ3) is 2.12. The van der Waals surface area contributed by atoms with Gasteiger partial charge in [0.15, 0.2) is 6.23 Å². The van der Waals surface area contributed by atoms with Gasteiger partial charge < -0.3 is 20.1 Å². The van der Waals surface area contributed by atoms with E-state index in [4.69, 9.17) is 9.84 Å². The van der Waals surface area contributed by atoms with E-state index in [2.05, 4.69) is 5.32 Å². The van der Waals surface area contributed by atoms with Crippen LogP contribution in [0.2, 0.25) is 0 Å². The van der Waals surface area contributed by atoms with Gasteiger partial charge in [0.1, 0.15) is 18.3 Å². The Hall–Kier alpha value is -1.22. The number of carbonyl (C=O) groups is 2. The summed E-state index contributed by atoms with van der Waals surface area (Å²) in [5, 5.41) is 30.2. The minimum atomic E-state index is -1.30. The summed E-state index contributed by atoms with van der Waals surface area (Å²) in [4.78, 5) is 23.6. The highest BCUT2D eigenvalue weighted by Crippen LogP contribution is 2.25. The standard InChI is InChI=1S/C9H14N2O6/c12-3-4-6(14)7(15)8(17-4)11-2-1-5(13)10-9(11)16/h4,6-8,12,14-15H,1-3H2,(H,10,13,16)/t4-,6+,7+,8-/m1/s1. The van der Waals surface area contributed by atoms with Gasteiger partial charge in [0, 0.05) is 13.0 Å². The molecule has 2 fully saturated rings. The molecule has 4 N–H and O–H groups in total. The highest BCUT2D eigenvalue weighted by molar-refractivity contribution is 5.96. The van der Waals surface area contributed by atoms with Crippen LogP contribution in [-0.4, -0.2) is 69.8 Å². The van der Waals surface area contributed by atoms with E-state index in [1.165, 1.54) is 0 Å². The molecule has 2 aliphatic rings. The summed E-state index contributed by atoms with van der Waals surface area (Å²) < 4.78 is 5.18. The SMILES string of the molecule is O=C1CCN([C@@H]2O[C@H](CO)[C@H](O)[C@@H]2O)C(=O)N1. The fraction of sp³-hybridized carbons (Fsp3) is 0.778. The van der Waals surface area contributed by atoms with Crippen molar-refractivity contribution in [2.24, 2.45) is 0 Å². The lowest BCUT2D eigenvalue weighted by Gasteiger charge is -2.32. The Balaban J connectivity index is 2.08. The van der Waals surface area contributed by atoms with E-state index in [1.54, 1.807) is 0 Å². The Kier molecular flexibility index (Phi) is 3.29.